The first-order valence-corrected chi connectivity index (χ1v) is 3.82. The molecule has 1 rings (SSSR count). The fraction of sp³-hybridized carbons (Fsp3) is 0.100. The van der Waals surface area contributed by atoms with E-state index in [1.807, 2.05) is 31.2 Å². The standard InChI is InChI=1S/C10H10O3/c1-8-2-4-9(5-3-8)6-7-10(11)13-12/h2-7,12H,1H3. The molecule has 0 heterocycles. The third kappa shape index (κ3) is 3.09. The average Bonchev–Trinajstić information content (AvgIpc) is 2.16. The lowest BCUT2D eigenvalue weighted by Crippen LogP contribution is -1.93. The van der Waals surface area contributed by atoms with Crippen LogP contribution in [0.15, 0.2) is 30.3 Å². The zero-order valence-electron chi connectivity index (χ0n) is 7.23. The maximum atomic E-state index is 10.5. The highest BCUT2D eigenvalue weighted by atomic mass is 17.1. The largest absolute Gasteiger partial charge is 0.365 e. The molecule has 1 N–H and O–H groups in total. The smallest absolute Gasteiger partial charge is 0.296 e. The number of hydrogen-bond acceptors (Lipinski definition) is 3. The summed E-state index contributed by atoms with van der Waals surface area (Å²) in [5.74, 6) is -0.777. The molecule has 0 atom stereocenters. The van der Waals surface area contributed by atoms with Crippen LogP contribution >= 0.6 is 0 Å². The molecule has 0 spiro atoms. The van der Waals surface area contributed by atoms with E-state index >= 15 is 0 Å². The first-order valence-electron chi connectivity index (χ1n) is 3.82. The van der Waals surface area contributed by atoms with Gasteiger partial charge >= 0.3 is 5.97 Å². The Balaban J connectivity index is 2.69. The van der Waals surface area contributed by atoms with Crippen LogP contribution in [0.1, 0.15) is 11.1 Å². The summed E-state index contributed by atoms with van der Waals surface area (Å²) in [6.07, 6.45) is 2.72. The van der Waals surface area contributed by atoms with Gasteiger partial charge in [-0.1, -0.05) is 29.8 Å². The molecule has 0 unspecified atom stereocenters. The maximum Gasteiger partial charge on any atom is 0.365 e. The Kier molecular flexibility index (Phi) is 3.23. The lowest BCUT2D eigenvalue weighted by atomic mass is 10.1. The van der Waals surface area contributed by atoms with Crippen LogP contribution in [-0.4, -0.2) is 11.2 Å². The van der Waals surface area contributed by atoms with Crippen molar-refractivity contribution in [2.45, 2.75) is 6.92 Å². The second-order valence-corrected chi connectivity index (χ2v) is 2.65. The Morgan fingerprint density at radius 1 is 1.38 bits per heavy atom. The minimum atomic E-state index is -0.777. The summed E-state index contributed by atoms with van der Waals surface area (Å²) in [5, 5.41) is 7.96. The van der Waals surface area contributed by atoms with E-state index in [1.165, 1.54) is 0 Å². The summed E-state index contributed by atoms with van der Waals surface area (Å²) in [4.78, 5) is 14.0. The lowest BCUT2D eigenvalue weighted by molar-refractivity contribution is -0.227. The fourth-order valence-electron chi connectivity index (χ4n) is 0.872. The fourth-order valence-corrected chi connectivity index (χ4v) is 0.872. The average molecular weight is 178 g/mol. The summed E-state index contributed by atoms with van der Waals surface area (Å²) in [5.41, 5.74) is 2.04. The van der Waals surface area contributed by atoms with Crippen LogP contribution in [0.4, 0.5) is 0 Å². The molecule has 0 radical (unpaired) electrons. The quantitative estimate of drug-likeness (QED) is 0.428. The van der Waals surface area contributed by atoms with E-state index < -0.39 is 5.97 Å². The zero-order valence-corrected chi connectivity index (χ0v) is 7.23. The molecule has 0 fully saturated rings. The van der Waals surface area contributed by atoms with Gasteiger partial charge in [0.05, 0.1) is 0 Å². The van der Waals surface area contributed by atoms with Crippen molar-refractivity contribution in [1.82, 2.24) is 0 Å². The van der Waals surface area contributed by atoms with Crippen molar-refractivity contribution in [2.24, 2.45) is 0 Å². The molecule has 3 nitrogen and oxygen atoms in total. The Hall–Kier alpha value is -1.61. The third-order valence-corrected chi connectivity index (χ3v) is 1.58. The number of rotatable bonds is 2. The Labute approximate surface area is 76.2 Å². The summed E-state index contributed by atoms with van der Waals surface area (Å²) in [7, 11) is 0. The molecular formula is C10H10O3. The van der Waals surface area contributed by atoms with E-state index in [2.05, 4.69) is 4.89 Å². The van der Waals surface area contributed by atoms with Crippen molar-refractivity contribution in [3.05, 3.63) is 41.5 Å². The van der Waals surface area contributed by atoms with E-state index in [4.69, 9.17) is 5.26 Å². The predicted octanol–water partition coefficient (Wildman–Crippen LogP) is 2.02. The van der Waals surface area contributed by atoms with Crippen LogP contribution in [0.25, 0.3) is 6.08 Å². The molecule has 0 aliphatic rings. The van der Waals surface area contributed by atoms with E-state index in [0.717, 1.165) is 17.2 Å². The van der Waals surface area contributed by atoms with Gasteiger partial charge in [-0.25, -0.2) is 4.79 Å². The Bertz CT molecular complexity index is 311. The number of carbonyl (C=O) groups excluding carboxylic acids is 1. The first kappa shape index (κ1) is 9.48. The number of aryl methyl sites for hydroxylation is 1. The molecule has 0 saturated carbocycles. The molecule has 0 bridgehead atoms. The van der Waals surface area contributed by atoms with Gasteiger partial charge < -0.3 is 0 Å². The Morgan fingerprint density at radius 3 is 2.54 bits per heavy atom. The predicted molar refractivity (Wildman–Crippen MR) is 48.9 cm³/mol. The van der Waals surface area contributed by atoms with Gasteiger partial charge in [0.15, 0.2) is 0 Å². The van der Waals surface area contributed by atoms with Gasteiger partial charge in [0.2, 0.25) is 0 Å². The van der Waals surface area contributed by atoms with Crippen molar-refractivity contribution < 1.29 is 14.9 Å². The molecule has 0 saturated heterocycles. The minimum Gasteiger partial charge on any atom is -0.296 e. The maximum absolute atomic E-state index is 10.5. The molecule has 3 heteroatoms. The SMILES string of the molecule is Cc1ccc(C=CC(=O)OO)cc1. The van der Waals surface area contributed by atoms with Crippen LogP contribution in [0, 0.1) is 6.92 Å². The Morgan fingerprint density at radius 2 is 2.00 bits per heavy atom. The second kappa shape index (κ2) is 4.42. The van der Waals surface area contributed by atoms with Crippen molar-refractivity contribution in [3.63, 3.8) is 0 Å². The van der Waals surface area contributed by atoms with Crippen molar-refractivity contribution in [2.75, 3.05) is 0 Å². The summed E-state index contributed by atoms with van der Waals surface area (Å²) in [6, 6.07) is 7.61. The molecule has 1 aromatic rings. The normalized spacial score (nSPS) is 10.3. The number of benzene rings is 1. The van der Waals surface area contributed by atoms with Gasteiger partial charge in [-0.05, 0) is 18.6 Å². The summed E-state index contributed by atoms with van der Waals surface area (Å²) >= 11 is 0. The molecule has 13 heavy (non-hydrogen) atoms. The monoisotopic (exact) mass is 178 g/mol. The lowest BCUT2D eigenvalue weighted by Gasteiger charge is -1.93. The van der Waals surface area contributed by atoms with E-state index in [-0.39, 0.29) is 0 Å². The van der Waals surface area contributed by atoms with Crippen LogP contribution < -0.4 is 0 Å². The van der Waals surface area contributed by atoms with Crippen molar-refractivity contribution in [3.8, 4) is 0 Å². The van der Waals surface area contributed by atoms with Gasteiger partial charge in [-0.15, -0.1) is 0 Å². The van der Waals surface area contributed by atoms with Gasteiger partial charge in [0.1, 0.15) is 0 Å². The highest BCUT2D eigenvalue weighted by Gasteiger charge is 1.92. The molecule has 0 amide bonds. The van der Waals surface area contributed by atoms with Crippen LogP contribution in [0.2, 0.25) is 0 Å². The third-order valence-electron chi connectivity index (χ3n) is 1.58. The van der Waals surface area contributed by atoms with Crippen LogP contribution in [-0.2, 0) is 9.68 Å². The molecule has 0 aliphatic heterocycles. The highest BCUT2D eigenvalue weighted by molar-refractivity contribution is 5.86. The topological polar surface area (TPSA) is 46.5 Å². The summed E-state index contributed by atoms with van der Waals surface area (Å²) in [6.45, 7) is 1.98. The first-order chi connectivity index (χ1) is 6.22. The molecule has 1 aromatic carbocycles. The second-order valence-electron chi connectivity index (χ2n) is 2.65. The number of carbonyl (C=O) groups is 1. The zero-order chi connectivity index (χ0) is 9.68. The highest BCUT2D eigenvalue weighted by Crippen LogP contribution is 2.04. The van der Waals surface area contributed by atoms with Gasteiger partial charge in [-0.3, -0.25) is 4.89 Å². The molecule has 0 aromatic heterocycles. The molecular weight excluding hydrogens is 168 g/mol. The van der Waals surface area contributed by atoms with Gasteiger partial charge in [0, 0.05) is 6.08 Å². The van der Waals surface area contributed by atoms with E-state index in [9.17, 15) is 4.79 Å². The number of hydrogen-bond donors (Lipinski definition) is 1. The van der Waals surface area contributed by atoms with Crippen molar-refractivity contribution in [1.29, 1.82) is 0 Å². The van der Waals surface area contributed by atoms with Gasteiger partial charge in [0.25, 0.3) is 0 Å². The molecule has 68 valence electrons. The van der Waals surface area contributed by atoms with E-state index in [0.29, 0.717) is 0 Å². The van der Waals surface area contributed by atoms with Crippen LogP contribution in [0.5, 0.6) is 0 Å². The van der Waals surface area contributed by atoms with Gasteiger partial charge in [-0.2, -0.15) is 5.26 Å². The van der Waals surface area contributed by atoms with Crippen molar-refractivity contribution >= 4 is 12.0 Å². The minimum absolute atomic E-state index is 0.777. The van der Waals surface area contributed by atoms with E-state index in [1.54, 1.807) is 6.08 Å². The summed E-state index contributed by atoms with van der Waals surface area (Å²) < 4.78 is 0. The van der Waals surface area contributed by atoms with Crippen LogP contribution in [0.3, 0.4) is 0 Å². The molecule has 0 aliphatic carbocycles.